The van der Waals surface area contributed by atoms with Crippen LogP contribution < -0.4 is 5.32 Å². The van der Waals surface area contributed by atoms with Crippen molar-refractivity contribution in [2.45, 2.75) is 13.8 Å². The molecule has 0 aliphatic carbocycles. The van der Waals surface area contributed by atoms with E-state index in [0.717, 1.165) is 16.8 Å². The van der Waals surface area contributed by atoms with Crippen molar-refractivity contribution in [1.82, 2.24) is 14.4 Å². The van der Waals surface area contributed by atoms with Crippen molar-refractivity contribution in [2.24, 2.45) is 0 Å². The van der Waals surface area contributed by atoms with Crippen LogP contribution in [0.2, 0.25) is 0 Å². The van der Waals surface area contributed by atoms with Crippen LogP contribution in [0.25, 0.3) is 16.8 Å². The summed E-state index contributed by atoms with van der Waals surface area (Å²) in [6.07, 6.45) is 5.29. The smallest absolute Gasteiger partial charge is 0.212 e. The lowest BCUT2D eigenvalue weighted by molar-refractivity contribution is -0.105. The minimum atomic E-state index is -0.335. The number of nitrogens with zero attached hydrogens (tertiary/aromatic N) is 3. The van der Waals surface area contributed by atoms with E-state index in [1.54, 1.807) is 13.1 Å². The number of halogens is 1. The molecule has 0 radical (unpaired) electrons. The highest BCUT2D eigenvalue weighted by atomic mass is 19.1. The van der Waals surface area contributed by atoms with E-state index < -0.39 is 0 Å². The Hall–Kier alpha value is -2.76. The van der Waals surface area contributed by atoms with Crippen molar-refractivity contribution >= 4 is 17.9 Å². The Kier molecular flexibility index (Phi) is 3.13. The number of rotatable bonds is 3. The predicted octanol–water partition coefficient (Wildman–Crippen LogP) is 2.72. The predicted molar refractivity (Wildman–Crippen MR) is 77.5 cm³/mol. The number of carbonyl (C=O) groups is 1. The standard InChI is InChI=1S/C15H13FN4O/c1-9-12(5-17-6-13(9)16)11-3-4-14-19-15(18-8-21)10(2)20(14)7-11/h3-8H,1-2H3,(H,18,21). The third kappa shape index (κ3) is 2.14. The normalized spacial score (nSPS) is 10.8. The first kappa shape index (κ1) is 13.2. The van der Waals surface area contributed by atoms with E-state index in [4.69, 9.17) is 0 Å². The molecular formula is C15H13FN4O. The number of hydrogen-bond donors (Lipinski definition) is 1. The molecule has 106 valence electrons. The molecule has 0 fully saturated rings. The molecule has 3 heterocycles. The summed E-state index contributed by atoms with van der Waals surface area (Å²) in [5.41, 5.74) is 3.64. The summed E-state index contributed by atoms with van der Waals surface area (Å²) >= 11 is 0. The van der Waals surface area contributed by atoms with Crippen LogP contribution in [0, 0.1) is 19.7 Å². The molecule has 0 atom stereocenters. The molecule has 3 rings (SSSR count). The van der Waals surface area contributed by atoms with Gasteiger partial charge in [-0.25, -0.2) is 9.37 Å². The zero-order valence-electron chi connectivity index (χ0n) is 11.6. The van der Waals surface area contributed by atoms with Gasteiger partial charge < -0.3 is 9.72 Å². The van der Waals surface area contributed by atoms with Crippen LogP contribution in [-0.4, -0.2) is 20.8 Å². The Labute approximate surface area is 120 Å². The van der Waals surface area contributed by atoms with Crippen LogP contribution in [-0.2, 0) is 4.79 Å². The minimum Gasteiger partial charge on any atom is -0.312 e. The second kappa shape index (κ2) is 4.97. The summed E-state index contributed by atoms with van der Waals surface area (Å²) in [4.78, 5) is 18.8. The highest BCUT2D eigenvalue weighted by Crippen LogP contribution is 2.26. The van der Waals surface area contributed by atoms with Gasteiger partial charge in [0.05, 0.1) is 11.9 Å². The van der Waals surface area contributed by atoms with Gasteiger partial charge in [0.1, 0.15) is 11.5 Å². The molecule has 5 nitrogen and oxygen atoms in total. The van der Waals surface area contributed by atoms with Gasteiger partial charge >= 0.3 is 0 Å². The first-order chi connectivity index (χ1) is 10.1. The van der Waals surface area contributed by atoms with Gasteiger partial charge in [-0.3, -0.25) is 9.78 Å². The summed E-state index contributed by atoms with van der Waals surface area (Å²) in [7, 11) is 0. The number of aryl methyl sites for hydroxylation is 1. The summed E-state index contributed by atoms with van der Waals surface area (Å²) in [5.74, 6) is 0.175. The summed E-state index contributed by atoms with van der Waals surface area (Å²) in [6.45, 7) is 3.57. The molecule has 0 bridgehead atoms. The molecule has 0 saturated carbocycles. The van der Waals surface area contributed by atoms with E-state index >= 15 is 0 Å². The lowest BCUT2D eigenvalue weighted by Crippen LogP contribution is -1.96. The van der Waals surface area contributed by atoms with Gasteiger partial charge in [0.2, 0.25) is 6.41 Å². The van der Waals surface area contributed by atoms with Crippen LogP contribution >= 0.6 is 0 Å². The first-order valence-electron chi connectivity index (χ1n) is 6.41. The molecular weight excluding hydrogens is 271 g/mol. The van der Waals surface area contributed by atoms with Crippen molar-refractivity contribution in [3.63, 3.8) is 0 Å². The number of pyridine rings is 2. The van der Waals surface area contributed by atoms with Crippen molar-refractivity contribution < 1.29 is 9.18 Å². The van der Waals surface area contributed by atoms with Crippen LogP contribution in [0.5, 0.6) is 0 Å². The average molecular weight is 284 g/mol. The van der Waals surface area contributed by atoms with Gasteiger partial charge in [0.15, 0.2) is 5.82 Å². The fourth-order valence-electron chi connectivity index (χ4n) is 2.30. The maximum absolute atomic E-state index is 13.6. The van der Waals surface area contributed by atoms with Gasteiger partial charge in [0, 0.05) is 23.5 Å². The third-order valence-corrected chi connectivity index (χ3v) is 3.52. The molecule has 3 aromatic rings. The highest BCUT2D eigenvalue weighted by molar-refractivity contribution is 5.73. The van der Waals surface area contributed by atoms with E-state index in [2.05, 4.69) is 15.3 Å². The van der Waals surface area contributed by atoms with E-state index in [9.17, 15) is 9.18 Å². The quantitative estimate of drug-likeness (QED) is 0.752. The van der Waals surface area contributed by atoms with Crippen molar-refractivity contribution in [3.05, 3.63) is 47.8 Å². The lowest BCUT2D eigenvalue weighted by atomic mass is 10.0. The van der Waals surface area contributed by atoms with Gasteiger partial charge in [0.25, 0.3) is 0 Å². The Morgan fingerprint density at radius 1 is 1.29 bits per heavy atom. The van der Waals surface area contributed by atoms with Crippen molar-refractivity contribution in [3.8, 4) is 11.1 Å². The molecule has 0 aliphatic heterocycles. The number of aromatic nitrogens is 3. The summed E-state index contributed by atoms with van der Waals surface area (Å²) < 4.78 is 15.5. The number of hydrogen-bond acceptors (Lipinski definition) is 3. The zero-order chi connectivity index (χ0) is 15.0. The van der Waals surface area contributed by atoms with Crippen LogP contribution in [0.3, 0.4) is 0 Å². The van der Waals surface area contributed by atoms with Crippen molar-refractivity contribution in [1.29, 1.82) is 0 Å². The zero-order valence-corrected chi connectivity index (χ0v) is 11.6. The fraction of sp³-hybridized carbons (Fsp3) is 0.133. The fourth-order valence-corrected chi connectivity index (χ4v) is 2.30. The molecule has 0 saturated heterocycles. The molecule has 3 aromatic heterocycles. The number of fused-ring (bicyclic) bond motifs is 1. The second-order valence-electron chi connectivity index (χ2n) is 4.75. The van der Waals surface area contributed by atoms with E-state index in [0.29, 0.717) is 23.4 Å². The van der Waals surface area contributed by atoms with E-state index in [1.807, 2.05) is 29.7 Å². The molecule has 1 amide bonds. The van der Waals surface area contributed by atoms with Crippen LogP contribution in [0.1, 0.15) is 11.3 Å². The SMILES string of the molecule is Cc1c(F)cncc1-c1ccc2nc(NC=O)c(C)n2c1. The Morgan fingerprint density at radius 3 is 2.86 bits per heavy atom. The molecule has 0 aromatic carbocycles. The maximum Gasteiger partial charge on any atom is 0.212 e. The average Bonchev–Trinajstić information content (AvgIpc) is 2.79. The minimum absolute atomic E-state index is 0.335. The Morgan fingerprint density at radius 2 is 2.10 bits per heavy atom. The van der Waals surface area contributed by atoms with E-state index in [-0.39, 0.29) is 5.82 Å². The van der Waals surface area contributed by atoms with Gasteiger partial charge in [-0.2, -0.15) is 0 Å². The van der Waals surface area contributed by atoms with Gasteiger partial charge in [-0.15, -0.1) is 0 Å². The maximum atomic E-state index is 13.6. The van der Waals surface area contributed by atoms with Crippen LogP contribution in [0.15, 0.2) is 30.7 Å². The Bertz CT molecular complexity index is 841. The Balaban J connectivity index is 2.19. The van der Waals surface area contributed by atoms with Crippen LogP contribution in [0.4, 0.5) is 10.2 Å². The molecule has 1 N–H and O–H groups in total. The van der Waals surface area contributed by atoms with E-state index in [1.165, 1.54) is 6.20 Å². The molecule has 0 spiro atoms. The summed E-state index contributed by atoms with van der Waals surface area (Å²) in [6, 6.07) is 3.68. The number of anilines is 1. The first-order valence-corrected chi connectivity index (χ1v) is 6.41. The molecule has 0 aliphatic rings. The number of nitrogens with one attached hydrogen (secondary N) is 1. The second-order valence-corrected chi connectivity index (χ2v) is 4.75. The van der Waals surface area contributed by atoms with Gasteiger partial charge in [-0.05, 0) is 31.5 Å². The molecule has 6 heteroatoms. The lowest BCUT2D eigenvalue weighted by Gasteiger charge is -2.07. The third-order valence-electron chi connectivity index (χ3n) is 3.52. The highest BCUT2D eigenvalue weighted by Gasteiger charge is 2.11. The summed E-state index contributed by atoms with van der Waals surface area (Å²) in [5, 5.41) is 2.56. The monoisotopic (exact) mass is 284 g/mol. The largest absolute Gasteiger partial charge is 0.312 e. The molecule has 21 heavy (non-hydrogen) atoms. The van der Waals surface area contributed by atoms with Crippen molar-refractivity contribution in [2.75, 3.05) is 5.32 Å². The number of amides is 1. The number of carbonyl (C=O) groups excluding carboxylic acids is 1. The molecule has 0 unspecified atom stereocenters. The number of imidazole rings is 1. The van der Waals surface area contributed by atoms with Gasteiger partial charge in [-0.1, -0.05) is 0 Å². The topological polar surface area (TPSA) is 59.3 Å².